The summed E-state index contributed by atoms with van der Waals surface area (Å²) in [5, 5.41) is 0. The van der Waals surface area contributed by atoms with Crippen LogP contribution in [0.2, 0.25) is 0 Å². The monoisotopic (exact) mass is 266 g/mol. The first-order valence-corrected chi connectivity index (χ1v) is 6.64. The fourth-order valence-corrected chi connectivity index (χ4v) is 2.21. The standard InChI is InChI=1S/C15H22O4/c1-5-18-13(16)15(14(17)19-6-2)8-7-12(10-15)9-11(3)4/h7,9H,5-6,8,10H2,1-4H3. The van der Waals surface area contributed by atoms with E-state index in [1.54, 1.807) is 13.8 Å². The average Bonchev–Trinajstić information content (AvgIpc) is 2.74. The number of hydrogen-bond acceptors (Lipinski definition) is 4. The summed E-state index contributed by atoms with van der Waals surface area (Å²) in [5.41, 5.74) is 0.934. The molecule has 0 radical (unpaired) electrons. The number of allylic oxidation sites excluding steroid dienone is 4. The topological polar surface area (TPSA) is 52.6 Å². The van der Waals surface area contributed by atoms with E-state index in [9.17, 15) is 9.59 Å². The van der Waals surface area contributed by atoms with Crippen molar-refractivity contribution in [3.05, 3.63) is 23.3 Å². The summed E-state index contributed by atoms with van der Waals surface area (Å²) in [7, 11) is 0. The van der Waals surface area contributed by atoms with Crippen molar-refractivity contribution in [2.75, 3.05) is 13.2 Å². The molecule has 0 aromatic carbocycles. The minimum atomic E-state index is -1.19. The third-order valence-corrected chi connectivity index (χ3v) is 3.03. The lowest BCUT2D eigenvalue weighted by Gasteiger charge is -2.24. The molecule has 1 aliphatic rings. The molecule has 4 nitrogen and oxygen atoms in total. The minimum Gasteiger partial charge on any atom is -0.465 e. The summed E-state index contributed by atoms with van der Waals surface area (Å²) in [5.74, 6) is -0.969. The van der Waals surface area contributed by atoms with Crippen molar-refractivity contribution >= 4 is 11.9 Å². The second-order valence-corrected chi connectivity index (χ2v) is 4.90. The Labute approximate surface area is 114 Å². The van der Waals surface area contributed by atoms with Crippen molar-refractivity contribution in [2.24, 2.45) is 5.41 Å². The molecule has 1 aliphatic carbocycles. The highest BCUT2D eigenvalue weighted by molar-refractivity contribution is 6.01. The van der Waals surface area contributed by atoms with E-state index in [1.165, 1.54) is 0 Å². The van der Waals surface area contributed by atoms with Gasteiger partial charge in [-0.25, -0.2) is 0 Å². The van der Waals surface area contributed by atoms with E-state index in [1.807, 2.05) is 26.0 Å². The van der Waals surface area contributed by atoms with Crippen LogP contribution in [0.1, 0.15) is 40.5 Å². The van der Waals surface area contributed by atoms with Crippen LogP contribution >= 0.6 is 0 Å². The van der Waals surface area contributed by atoms with Gasteiger partial charge >= 0.3 is 11.9 Å². The fraction of sp³-hybridized carbons (Fsp3) is 0.600. The summed E-state index contributed by atoms with van der Waals surface area (Å²) in [6.07, 6.45) is 4.61. The quantitative estimate of drug-likeness (QED) is 0.567. The van der Waals surface area contributed by atoms with Gasteiger partial charge in [-0.05, 0) is 40.5 Å². The van der Waals surface area contributed by atoms with E-state index < -0.39 is 17.4 Å². The summed E-state index contributed by atoms with van der Waals surface area (Å²) in [6.45, 7) is 7.95. The van der Waals surface area contributed by atoms with Crippen LogP contribution in [-0.2, 0) is 19.1 Å². The number of carbonyl (C=O) groups excluding carboxylic acids is 2. The van der Waals surface area contributed by atoms with E-state index >= 15 is 0 Å². The van der Waals surface area contributed by atoms with Crippen LogP contribution in [0.4, 0.5) is 0 Å². The molecule has 0 spiro atoms. The highest BCUT2D eigenvalue weighted by Gasteiger charge is 2.50. The molecular formula is C15H22O4. The maximum Gasteiger partial charge on any atom is 0.324 e. The predicted octanol–water partition coefficient (Wildman–Crippen LogP) is 2.79. The third kappa shape index (κ3) is 3.46. The van der Waals surface area contributed by atoms with Gasteiger partial charge in [-0.1, -0.05) is 23.3 Å². The third-order valence-electron chi connectivity index (χ3n) is 3.03. The molecule has 0 saturated heterocycles. The molecule has 0 unspecified atom stereocenters. The maximum absolute atomic E-state index is 12.1. The maximum atomic E-state index is 12.1. The zero-order chi connectivity index (χ0) is 14.5. The van der Waals surface area contributed by atoms with Crippen LogP contribution in [0, 0.1) is 5.41 Å². The number of ether oxygens (including phenoxy) is 2. The zero-order valence-electron chi connectivity index (χ0n) is 12.1. The molecular weight excluding hydrogens is 244 g/mol. The van der Waals surface area contributed by atoms with E-state index in [0.717, 1.165) is 11.1 Å². The van der Waals surface area contributed by atoms with Crippen molar-refractivity contribution in [1.82, 2.24) is 0 Å². The molecule has 4 heteroatoms. The zero-order valence-corrected chi connectivity index (χ0v) is 12.1. The van der Waals surface area contributed by atoms with Gasteiger partial charge in [0.05, 0.1) is 13.2 Å². The average molecular weight is 266 g/mol. The van der Waals surface area contributed by atoms with Crippen molar-refractivity contribution < 1.29 is 19.1 Å². The number of hydrogen-bond donors (Lipinski definition) is 0. The van der Waals surface area contributed by atoms with Gasteiger partial charge in [-0.15, -0.1) is 0 Å². The van der Waals surface area contributed by atoms with Crippen LogP contribution in [0.15, 0.2) is 23.3 Å². The van der Waals surface area contributed by atoms with E-state index in [4.69, 9.17) is 9.47 Å². The van der Waals surface area contributed by atoms with Gasteiger partial charge in [0, 0.05) is 0 Å². The highest BCUT2D eigenvalue weighted by Crippen LogP contribution is 2.40. The Bertz CT molecular complexity index is 396. The Morgan fingerprint density at radius 2 is 1.74 bits per heavy atom. The van der Waals surface area contributed by atoms with Gasteiger partial charge in [-0.3, -0.25) is 9.59 Å². The first-order valence-electron chi connectivity index (χ1n) is 6.64. The molecule has 0 saturated carbocycles. The van der Waals surface area contributed by atoms with Crippen molar-refractivity contribution in [1.29, 1.82) is 0 Å². The summed E-state index contributed by atoms with van der Waals surface area (Å²) < 4.78 is 10.1. The molecule has 0 atom stereocenters. The summed E-state index contributed by atoms with van der Waals surface area (Å²) in [6, 6.07) is 0. The van der Waals surface area contributed by atoms with Crippen LogP contribution in [0.3, 0.4) is 0 Å². The number of carbonyl (C=O) groups is 2. The van der Waals surface area contributed by atoms with Gasteiger partial charge < -0.3 is 9.47 Å². The Balaban J connectivity index is 2.96. The molecule has 0 aromatic rings. The van der Waals surface area contributed by atoms with Gasteiger partial charge in [0.25, 0.3) is 0 Å². The molecule has 0 aliphatic heterocycles. The molecule has 0 N–H and O–H groups in total. The van der Waals surface area contributed by atoms with Crippen LogP contribution < -0.4 is 0 Å². The van der Waals surface area contributed by atoms with E-state index in [0.29, 0.717) is 12.8 Å². The number of esters is 2. The fourth-order valence-electron chi connectivity index (χ4n) is 2.21. The second-order valence-electron chi connectivity index (χ2n) is 4.90. The van der Waals surface area contributed by atoms with Gasteiger partial charge in [0.15, 0.2) is 5.41 Å². The minimum absolute atomic E-state index is 0.262. The first-order chi connectivity index (χ1) is 8.96. The second kappa shape index (κ2) is 6.55. The predicted molar refractivity (Wildman–Crippen MR) is 72.4 cm³/mol. The van der Waals surface area contributed by atoms with Gasteiger partial charge in [0.1, 0.15) is 0 Å². The molecule has 0 heterocycles. The smallest absolute Gasteiger partial charge is 0.324 e. The molecule has 0 bridgehead atoms. The normalized spacial score (nSPS) is 16.5. The molecule has 19 heavy (non-hydrogen) atoms. The van der Waals surface area contributed by atoms with Crippen LogP contribution in [-0.4, -0.2) is 25.2 Å². The van der Waals surface area contributed by atoms with Crippen molar-refractivity contribution in [3.63, 3.8) is 0 Å². The SMILES string of the molecule is CCOC(=O)C1(C(=O)OCC)CC=C(C=C(C)C)C1. The van der Waals surface area contributed by atoms with Crippen LogP contribution in [0.5, 0.6) is 0 Å². The van der Waals surface area contributed by atoms with Gasteiger partial charge in [0.2, 0.25) is 0 Å². The molecule has 0 fully saturated rings. The van der Waals surface area contributed by atoms with Crippen LogP contribution in [0.25, 0.3) is 0 Å². The Kier molecular flexibility index (Phi) is 5.33. The lowest BCUT2D eigenvalue weighted by atomic mass is 9.84. The Morgan fingerprint density at radius 1 is 1.21 bits per heavy atom. The van der Waals surface area contributed by atoms with E-state index in [-0.39, 0.29) is 13.2 Å². The van der Waals surface area contributed by atoms with Crippen molar-refractivity contribution in [3.8, 4) is 0 Å². The highest BCUT2D eigenvalue weighted by atomic mass is 16.6. The lowest BCUT2D eigenvalue weighted by Crippen LogP contribution is -2.40. The first kappa shape index (κ1) is 15.5. The number of rotatable bonds is 5. The molecule has 0 aromatic heterocycles. The summed E-state index contributed by atoms with van der Waals surface area (Å²) in [4.78, 5) is 24.3. The Hall–Kier alpha value is -1.58. The van der Waals surface area contributed by atoms with Crippen molar-refractivity contribution in [2.45, 2.75) is 40.5 Å². The Morgan fingerprint density at radius 3 is 2.16 bits per heavy atom. The van der Waals surface area contributed by atoms with E-state index in [2.05, 4.69) is 0 Å². The van der Waals surface area contributed by atoms with Gasteiger partial charge in [-0.2, -0.15) is 0 Å². The summed E-state index contributed by atoms with van der Waals surface area (Å²) >= 11 is 0. The molecule has 106 valence electrons. The molecule has 0 amide bonds. The lowest BCUT2D eigenvalue weighted by molar-refractivity contribution is -0.171. The molecule has 1 rings (SSSR count). The largest absolute Gasteiger partial charge is 0.465 e.